The van der Waals surface area contributed by atoms with E-state index in [1.54, 1.807) is 14.2 Å². The number of hydrogen-bond donors (Lipinski definition) is 0. The van der Waals surface area contributed by atoms with Crippen molar-refractivity contribution in [2.45, 2.75) is 4.90 Å². The topological polar surface area (TPSA) is 84.9 Å². The predicted molar refractivity (Wildman–Crippen MR) is 118 cm³/mol. The van der Waals surface area contributed by atoms with Crippen LogP contribution in [-0.2, 0) is 10.0 Å². The number of aromatic nitrogens is 2. The van der Waals surface area contributed by atoms with Gasteiger partial charge in [-0.2, -0.15) is 4.31 Å². The third-order valence-electron chi connectivity index (χ3n) is 5.35. The summed E-state index contributed by atoms with van der Waals surface area (Å²) in [5.41, 5.74) is 1.41. The molecule has 0 N–H and O–H groups in total. The van der Waals surface area contributed by atoms with Crippen LogP contribution >= 0.6 is 0 Å². The molecule has 2 aromatic carbocycles. The number of nitrogens with zero attached hydrogens (tertiary/aromatic N) is 4. The quantitative estimate of drug-likeness (QED) is 0.562. The van der Waals surface area contributed by atoms with E-state index >= 15 is 0 Å². The average Bonchev–Trinajstić information content (AvgIpc) is 2.84. The van der Waals surface area contributed by atoms with Crippen molar-refractivity contribution in [2.24, 2.45) is 0 Å². The third-order valence-corrected chi connectivity index (χ3v) is 7.26. The highest BCUT2D eigenvalue weighted by molar-refractivity contribution is 7.89. The first-order valence-corrected chi connectivity index (χ1v) is 11.4. The molecule has 3 aromatic rings. The second-order valence-electron chi connectivity index (χ2n) is 7.19. The maximum Gasteiger partial charge on any atom is 0.243 e. The van der Waals surface area contributed by atoms with Gasteiger partial charge in [-0.25, -0.2) is 12.8 Å². The zero-order chi connectivity index (χ0) is 22.7. The van der Waals surface area contributed by atoms with Gasteiger partial charge in [0.2, 0.25) is 10.0 Å². The summed E-state index contributed by atoms with van der Waals surface area (Å²) in [5, 5.41) is 8.67. The van der Waals surface area contributed by atoms with Crippen molar-refractivity contribution >= 4 is 15.8 Å². The van der Waals surface area contributed by atoms with Gasteiger partial charge in [-0.15, -0.1) is 10.2 Å². The molecule has 1 aromatic heterocycles. The first kappa shape index (κ1) is 22.0. The Morgan fingerprint density at radius 1 is 0.875 bits per heavy atom. The maximum absolute atomic E-state index is 13.1. The summed E-state index contributed by atoms with van der Waals surface area (Å²) in [5.74, 6) is 1.54. The van der Waals surface area contributed by atoms with E-state index in [9.17, 15) is 12.8 Å². The molecule has 2 heterocycles. The van der Waals surface area contributed by atoms with Gasteiger partial charge in [-0.3, -0.25) is 0 Å². The number of ether oxygens (including phenoxy) is 2. The molecule has 1 fully saturated rings. The molecule has 8 nitrogen and oxygen atoms in total. The van der Waals surface area contributed by atoms with E-state index in [4.69, 9.17) is 9.47 Å². The van der Waals surface area contributed by atoms with Gasteiger partial charge < -0.3 is 14.4 Å². The highest BCUT2D eigenvalue weighted by Gasteiger charge is 2.29. The van der Waals surface area contributed by atoms with Gasteiger partial charge in [0.1, 0.15) is 17.3 Å². The Hall–Kier alpha value is -3.24. The first-order valence-electron chi connectivity index (χ1n) is 9.99. The number of methoxy groups -OCH3 is 2. The van der Waals surface area contributed by atoms with Crippen LogP contribution in [0.4, 0.5) is 10.2 Å². The number of hydrogen-bond acceptors (Lipinski definition) is 7. The van der Waals surface area contributed by atoms with Crippen molar-refractivity contribution in [1.82, 2.24) is 14.5 Å². The summed E-state index contributed by atoms with van der Waals surface area (Å²) in [4.78, 5) is 2.07. The van der Waals surface area contributed by atoms with Crippen LogP contribution in [0.1, 0.15) is 0 Å². The van der Waals surface area contributed by atoms with Crippen LogP contribution in [0.15, 0.2) is 59.5 Å². The largest absolute Gasteiger partial charge is 0.497 e. The number of anilines is 1. The van der Waals surface area contributed by atoms with Crippen molar-refractivity contribution in [3.63, 3.8) is 0 Å². The predicted octanol–water partition coefficient (Wildman–Crippen LogP) is 2.81. The average molecular weight is 459 g/mol. The van der Waals surface area contributed by atoms with E-state index in [2.05, 4.69) is 10.2 Å². The normalized spacial score (nSPS) is 14.9. The van der Waals surface area contributed by atoms with Gasteiger partial charge in [0, 0.05) is 31.7 Å². The smallest absolute Gasteiger partial charge is 0.243 e. The summed E-state index contributed by atoms with van der Waals surface area (Å²) in [7, 11) is -0.480. The molecule has 10 heteroatoms. The van der Waals surface area contributed by atoms with E-state index in [1.165, 1.54) is 16.4 Å². The highest BCUT2D eigenvalue weighted by Crippen LogP contribution is 2.32. The number of sulfonamides is 1. The molecule has 0 bridgehead atoms. The lowest BCUT2D eigenvalue weighted by atomic mass is 10.1. The van der Waals surface area contributed by atoms with E-state index in [0.29, 0.717) is 49.2 Å². The monoisotopic (exact) mass is 458 g/mol. The lowest BCUT2D eigenvalue weighted by Crippen LogP contribution is -2.49. The van der Waals surface area contributed by atoms with Gasteiger partial charge >= 0.3 is 0 Å². The Balaban J connectivity index is 1.46. The molecule has 0 atom stereocenters. The van der Waals surface area contributed by atoms with E-state index in [1.807, 2.05) is 35.2 Å². The zero-order valence-corrected chi connectivity index (χ0v) is 18.5. The van der Waals surface area contributed by atoms with Crippen LogP contribution in [0.2, 0.25) is 0 Å². The van der Waals surface area contributed by atoms with E-state index < -0.39 is 15.8 Å². The van der Waals surface area contributed by atoms with E-state index in [0.717, 1.165) is 17.7 Å². The summed E-state index contributed by atoms with van der Waals surface area (Å²) >= 11 is 0. The van der Waals surface area contributed by atoms with Crippen molar-refractivity contribution in [2.75, 3.05) is 45.3 Å². The second-order valence-corrected chi connectivity index (χ2v) is 9.13. The molecule has 0 unspecified atom stereocenters. The van der Waals surface area contributed by atoms with Crippen LogP contribution in [0, 0.1) is 5.82 Å². The molecular weight excluding hydrogens is 435 g/mol. The van der Waals surface area contributed by atoms with Crippen LogP contribution < -0.4 is 14.4 Å². The summed E-state index contributed by atoms with van der Waals surface area (Å²) in [6.45, 7) is 1.54. The number of benzene rings is 2. The van der Waals surface area contributed by atoms with Crippen LogP contribution in [0.5, 0.6) is 11.5 Å². The Morgan fingerprint density at radius 2 is 1.59 bits per heavy atom. The van der Waals surface area contributed by atoms with Crippen LogP contribution in [0.3, 0.4) is 0 Å². The maximum atomic E-state index is 13.1. The molecule has 4 rings (SSSR count). The molecule has 0 spiro atoms. The molecular formula is C22H23FN4O4S. The van der Waals surface area contributed by atoms with Gasteiger partial charge in [0.25, 0.3) is 0 Å². The van der Waals surface area contributed by atoms with Crippen molar-refractivity contribution in [3.8, 4) is 22.8 Å². The Bertz CT molecular complexity index is 1180. The number of piperazine rings is 1. The molecule has 1 aliphatic rings. The minimum Gasteiger partial charge on any atom is -0.497 e. The van der Waals surface area contributed by atoms with Crippen molar-refractivity contribution in [3.05, 3.63) is 60.4 Å². The Morgan fingerprint density at radius 3 is 2.19 bits per heavy atom. The van der Waals surface area contributed by atoms with Gasteiger partial charge in [0.05, 0.1) is 24.8 Å². The molecule has 168 valence electrons. The molecule has 0 amide bonds. The third kappa shape index (κ3) is 4.37. The molecule has 0 radical (unpaired) electrons. The SMILES string of the molecule is COc1ccc(OC)c(-c2ccc(N3CCN(S(=O)(=O)c4ccc(F)cc4)CC3)nn2)c1. The lowest BCUT2D eigenvalue weighted by molar-refractivity contribution is 0.383. The minimum atomic E-state index is -3.66. The van der Waals surface area contributed by atoms with Gasteiger partial charge in [-0.1, -0.05) is 0 Å². The molecule has 1 saturated heterocycles. The van der Waals surface area contributed by atoms with Gasteiger partial charge in [-0.05, 0) is 54.6 Å². The first-order chi connectivity index (χ1) is 15.4. The fourth-order valence-electron chi connectivity index (χ4n) is 3.56. The van der Waals surface area contributed by atoms with Crippen molar-refractivity contribution in [1.29, 1.82) is 0 Å². The van der Waals surface area contributed by atoms with Crippen LogP contribution in [-0.4, -0.2) is 63.3 Å². The minimum absolute atomic E-state index is 0.0868. The molecule has 0 saturated carbocycles. The summed E-state index contributed by atoms with van der Waals surface area (Å²) in [6, 6.07) is 14.0. The molecule has 32 heavy (non-hydrogen) atoms. The summed E-state index contributed by atoms with van der Waals surface area (Å²) < 4.78 is 50.8. The fourth-order valence-corrected chi connectivity index (χ4v) is 4.99. The summed E-state index contributed by atoms with van der Waals surface area (Å²) in [6.07, 6.45) is 0. The Kier molecular flexibility index (Phi) is 6.24. The Labute approximate surface area is 186 Å². The fraction of sp³-hybridized carbons (Fsp3) is 0.273. The molecule has 1 aliphatic heterocycles. The highest BCUT2D eigenvalue weighted by atomic mass is 32.2. The molecule has 0 aliphatic carbocycles. The van der Waals surface area contributed by atoms with Crippen LogP contribution in [0.25, 0.3) is 11.3 Å². The van der Waals surface area contributed by atoms with Gasteiger partial charge in [0.15, 0.2) is 5.82 Å². The lowest BCUT2D eigenvalue weighted by Gasteiger charge is -2.34. The second kappa shape index (κ2) is 9.09. The standard InChI is InChI=1S/C22H23FN4O4S/c1-30-17-5-9-21(31-2)19(15-17)20-8-10-22(25-24-20)26-11-13-27(14-12-26)32(28,29)18-6-3-16(23)4-7-18/h3-10,15H,11-14H2,1-2H3. The van der Waals surface area contributed by atoms with Crippen molar-refractivity contribution < 1.29 is 22.3 Å². The number of rotatable bonds is 6. The number of halogens is 1. The zero-order valence-electron chi connectivity index (χ0n) is 17.7. The van der Waals surface area contributed by atoms with E-state index in [-0.39, 0.29) is 4.90 Å².